The summed E-state index contributed by atoms with van der Waals surface area (Å²) in [7, 11) is 0. The lowest BCUT2D eigenvalue weighted by Crippen LogP contribution is -2.33. The summed E-state index contributed by atoms with van der Waals surface area (Å²) in [5, 5.41) is 10.1. The Hall–Kier alpha value is -2.11. The maximum atomic E-state index is 12.3. The first kappa shape index (κ1) is 18.2. The van der Waals surface area contributed by atoms with Crippen LogP contribution < -0.4 is 5.32 Å². The number of hydrogen-bond donors (Lipinski definition) is 2. The third-order valence-electron chi connectivity index (χ3n) is 4.02. The van der Waals surface area contributed by atoms with Crippen molar-refractivity contribution < 1.29 is 4.79 Å². The van der Waals surface area contributed by atoms with Crippen LogP contribution in [0.2, 0.25) is 0 Å². The number of imidazole rings is 1. The van der Waals surface area contributed by atoms with Crippen LogP contribution in [-0.4, -0.2) is 31.7 Å². The second-order valence-electron chi connectivity index (χ2n) is 7.19. The van der Waals surface area contributed by atoms with Crippen molar-refractivity contribution in [3.8, 4) is 0 Å². The number of rotatable bonds is 8. The zero-order chi connectivity index (χ0) is 17.7. The first-order valence-electron chi connectivity index (χ1n) is 8.73. The fourth-order valence-corrected chi connectivity index (χ4v) is 2.65. The van der Waals surface area contributed by atoms with E-state index in [0.29, 0.717) is 24.1 Å². The van der Waals surface area contributed by atoms with Gasteiger partial charge in [0.2, 0.25) is 0 Å². The Balaban J connectivity index is 1.95. The maximum Gasteiger partial charge on any atom is 0.271 e. The molecule has 1 atom stereocenters. The topological polar surface area (TPSA) is 75.6 Å². The highest BCUT2D eigenvalue weighted by Gasteiger charge is 2.15. The molecule has 0 unspecified atom stereocenters. The fraction of sp³-hybridized carbons (Fsp3) is 0.611. The monoisotopic (exact) mass is 331 g/mol. The summed E-state index contributed by atoms with van der Waals surface area (Å²) in [6.45, 7) is 11.3. The molecule has 2 aromatic rings. The molecule has 1 amide bonds. The Morgan fingerprint density at radius 1 is 1.25 bits per heavy atom. The molecule has 0 radical (unpaired) electrons. The van der Waals surface area contributed by atoms with Crippen molar-refractivity contribution in [3.05, 3.63) is 35.7 Å². The van der Waals surface area contributed by atoms with E-state index in [9.17, 15) is 4.79 Å². The molecule has 132 valence electrons. The minimum atomic E-state index is -0.122. The average Bonchev–Trinajstić information content (AvgIpc) is 3.15. The van der Waals surface area contributed by atoms with Crippen molar-refractivity contribution in [3.63, 3.8) is 0 Å². The van der Waals surface area contributed by atoms with E-state index < -0.39 is 0 Å². The van der Waals surface area contributed by atoms with Crippen molar-refractivity contribution >= 4 is 5.91 Å². The molecule has 2 aromatic heterocycles. The third kappa shape index (κ3) is 4.94. The van der Waals surface area contributed by atoms with Crippen molar-refractivity contribution in [1.82, 2.24) is 25.1 Å². The molecule has 0 saturated heterocycles. The summed E-state index contributed by atoms with van der Waals surface area (Å²) >= 11 is 0. The number of nitrogens with zero attached hydrogens (tertiary/aromatic N) is 3. The summed E-state index contributed by atoms with van der Waals surface area (Å²) < 4.78 is 2.07. The zero-order valence-electron chi connectivity index (χ0n) is 15.3. The van der Waals surface area contributed by atoms with Gasteiger partial charge in [0.25, 0.3) is 5.91 Å². The van der Waals surface area contributed by atoms with Gasteiger partial charge in [0.15, 0.2) is 0 Å². The van der Waals surface area contributed by atoms with Gasteiger partial charge >= 0.3 is 0 Å². The van der Waals surface area contributed by atoms with Gasteiger partial charge in [-0.15, -0.1) is 0 Å². The van der Waals surface area contributed by atoms with Crippen LogP contribution in [0.15, 0.2) is 18.5 Å². The molecular formula is C18H29N5O. The molecular weight excluding hydrogens is 302 g/mol. The summed E-state index contributed by atoms with van der Waals surface area (Å²) in [5.41, 5.74) is 1.34. The molecule has 2 heterocycles. The van der Waals surface area contributed by atoms with Gasteiger partial charge in [-0.2, -0.15) is 5.10 Å². The number of aromatic amines is 1. The van der Waals surface area contributed by atoms with E-state index in [2.05, 4.69) is 52.8 Å². The van der Waals surface area contributed by atoms with Gasteiger partial charge in [0, 0.05) is 24.4 Å². The Morgan fingerprint density at radius 3 is 2.67 bits per heavy atom. The molecule has 6 nitrogen and oxygen atoms in total. The fourth-order valence-electron chi connectivity index (χ4n) is 2.65. The van der Waals surface area contributed by atoms with Crippen LogP contribution in [0.3, 0.4) is 0 Å². The Labute approximate surface area is 144 Å². The normalized spacial score (nSPS) is 12.8. The third-order valence-corrected chi connectivity index (χ3v) is 4.02. The van der Waals surface area contributed by atoms with E-state index in [1.807, 2.05) is 19.2 Å². The lowest BCUT2D eigenvalue weighted by molar-refractivity contribution is 0.0932. The summed E-state index contributed by atoms with van der Waals surface area (Å²) in [6.07, 6.45) is 5.83. The van der Waals surface area contributed by atoms with Crippen molar-refractivity contribution in [2.24, 2.45) is 5.92 Å². The van der Waals surface area contributed by atoms with Crippen molar-refractivity contribution in [2.45, 2.75) is 66.0 Å². The van der Waals surface area contributed by atoms with Gasteiger partial charge in [-0.25, -0.2) is 4.98 Å². The van der Waals surface area contributed by atoms with E-state index in [4.69, 9.17) is 0 Å². The summed E-state index contributed by atoms with van der Waals surface area (Å²) in [4.78, 5) is 16.7. The van der Waals surface area contributed by atoms with E-state index in [-0.39, 0.29) is 11.9 Å². The van der Waals surface area contributed by atoms with Gasteiger partial charge in [0.05, 0.1) is 12.2 Å². The highest BCUT2D eigenvalue weighted by atomic mass is 16.2. The Kier molecular flexibility index (Phi) is 6.17. The van der Waals surface area contributed by atoms with E-state index in [0.717, 1.165) is 24.4 Å². The van der Waals surface area contributed by atoms with Crippen LogP contribution in [0.5, 0.6) is 0 Å². The lowest BCUT2D eigenvalue weighted by atomic mass is 10.0. The number of nitrogens with one attached hydrogen (secondary N) is 2. The number of hydrogen-bond acceptors (Lipinski definition) is 3. The number of H-pyrrole nitrogens is 1. The minimum absolute atomic E-state index is 0.122. The van der Waals surface area contributed by atoms with Gasteiger partial charge in [0.1, 0.15) is 11.5 Å². The lowest BCUT2D eigenvalue weighted by Gasteiger charge is -2.14. The summed E-state index contributed by atoms with van der Waals surface area (Å²) in [5.74, 6) is 1.90. The van der Waals surface area contributed by atoms with Crippen LogP contribution in [0.4, 0.5) is 0 Å². The molecule has 0 spiro atoms. The van der Waals surface area contributed by atoms with Crippen LogP contribution in [0.1, 0.15) is 75.4 Å². The Morgan fingerprint density at radius 2 is 2.00 bits per heavy atom. The smallest absolute Gasteiger partial charge is 0.271 e. The molecule has 24 heavy (non-hydrogen) atoms. The van der Waals surface area contributed by atoms with Crippen LogP contribution >= 0.6 is 0 Å². The number of amides is 1. The predicted octanol–water partition coefficient (Wildman–Crippen LogP) is 3.33. The molecule has 2 N–H and O–H groups in total. The molecule has 0 fully saturated rings. The molecule has 0 saturated carbocycles. The van der Waals surface area contributed by atoms with Crippen molar-refractivity contribution in [2.75, 3.05) is 0 Å². The van der Waals surface area contributed by atoms with E-state index in [1.165, 1.54) is 0 Å². The SMILES string of the molecule is CC(C)CC[C@@H](C)NC(=O)c1cc(Cn2ccnc2C(C)C)[nH]n1. The minimum Gasteiger partial charge on any atom is -0.348 e. The van der Waals surface area contributed by atoms with Crippen LogP contribution in [-0.2, 0) is 6.54 Å². The number of carbonyl (C=O) groups is 1. The highest BCUT2D eigenvalue weighted by Crippen LogP contribution is 2.13. The largest absolute Gasteiger partial charge is 0.348 e. The molecule has 0 aliphatic heterocycles. The van der Waals surface area contributed by atoms with Gasteiger partial charge in [-0.1, -0.05) is 27.7 Å². The van der Waals surface area contributed by atoms with E-state index >= 15 is 0 Å². The van der Waals surface area contributed by atoms with Crippen molar-refractivity contribution in [1.29, 1.82) is 0 Å². The quantitative estimate of drug-likeness (QED) is 0.779. The number of carbonyl (C=O) groups excluding carboxylic acids is 1. The molecule has 0 aromatic carbocycles. The second kappa shape index (κ2) is 8.13. The van der Waals surface area contributed by atoms with Gasteiger partial charge < -0.3 is 9.88 Å². The molecule has 6 heteroatoms. The van der Waals surface area contributed by atoms with Crippen LogP contribution in [0.25, 0.3) is 0 Å². The standard InChI is InChI=1S/C18H29N5O/c1-12(2)6-7-14(5)20-18(24)16-10-15(21-22-16)11-23-9-8-19-17(23)13(3)4/h8-10,12-14H,6-7,11H2,1-5H3,(H,20,24)(H,21,22)/t14-/m1/s1. The number of aromatic nitrogens is 4. The first-order chi connectivity index (χ1) is 11.4. The van der Waals surface area contributed by atoms with E-state index in [1.54, 1.807) is 6.20 Å². The Bertz CT molecular complexity index is 656. The molecule has 0 aliphatic carbocycles. The summed E-state index contributed by atoms with van der Waals surface area (Å²) in [6, 6.07) is 1.97. The zero-order valence-corrected chi connectivity index (χ0v) is 15.3. The highest BCUT2D eigenvalue weighted by molar-refractivity contribution is 5.92. The molecule has 0 aliphatic rings. The second-order valence-corrected chi connectivity index (χ2v) is 7.19. The van der Waals surface area contributed by atoms with Gasteiger partial charge in [-0.3, -0.25) is 9.89 Å². The average molecular weight is 331 g/mol. The maximum absolute atomic E-state index is 12.3. The first-order valence-corrected chi connectivity index (χ1v) is 8.73. The van der Waals surface area contributed by atoms with Crippen LogP contribution in [0, 0.1) is 5.92 Å². The molecule has 2 rings (SSSR count). The van der Waals surface area contributed by atoms with Gasteiger partial charge in [-0.05, 0) is 31.7 Å². The predicted molar refractivity (Wildman–Crippen MR) is 95.0 cm³/mol. The molecule has 0 bridgehead atoms.